The molecule has 2 atom stereocenters. The van der Waals surface area contributed by atoms with E-state index in [-0.39, 0.29) is 45.3 Å². The Morgan fingerprint density at radius 1 is 0.343 bits per heavy atom. The van der Waals surface area contributed by atoms with Crippen LogP contribution >= 0.6 is 0 Å². The predicted molar refractivity (Wildman–Crippen MR) is 350 cm³/mol. The van der Waals surface area contributed by atoms with Crippen LogP contribution in [0, 0.1) is 0 Å². The Kier molecular flexibility index (Phi) is 21.6. The molecule has 0 aliphatic carbocycles. The van der Waals surface area contributed by atoms with Crippen molar-refractivity contribution in [3.05, 3.63) is 215 Å². The number of ether oxygens (including phenoxy) is 5. The van der Waals surface area contributed by atoms with Crippen LogP contribution in [0.15, 0.2) is 211 Å². The number of methoxy groups -OCH3 is 1. The van der Waals surface area contributed by atoms with Gasteiger partial charge in [0, 0.05) is 12.5 Å². The van der Waals surface area contributed by atoms with E-state index >= 15 is 52.7 Å². The number of halogens is 12. The lowest BCUT2D eigenvalue weighted by Crippen LogP contribution is -2.55. The summed E-state index contributed by atoms with van der Waals surface area (Å²) < 4.78 is 341. The number of benzene rings is 8. The van der Waals surface area contributed by atoms with E-state index in [0.717, 1.165) is 48.5 Å². The normalized spacial score (nSPS) is 14.7. The third-order valence-corrected chi connectivity index (χ3v) is 23.9. The quantitative estimate of drug-likeness (QED) is 0.0401. The maximum absolute atomic E-state index is 15.6. The zero-order valence-electron chi connectivity index (χ0n) is 55.8. The van der Waals surface area contributed by atoms with Gasteiger partial charge in [0.1, 0.15) is 55.5 Å². The van der Waals surface area contributed by atoms with Gasteiger partial charge in [-0.25, -0.2) is 16.8 Å². The Morgan fingerprint density at radius 2 is 0.647 bits per heavy atom. The highest BCUT2D eigenvalue weighted by Gasteiger charge is 2.74. The van der Waals surface area contributed by atoms with Gasteiger partial charge in [0.15, 0.2) is 0 Å². The first-order valence-corrected chi connectivity index (χ1v) is 36.6. The molecule has 2 N–H and O–H groups in total. The van der Waals surface area contributed by atoms with Crippen molar-refractivity contribution in [3.8, 4) is 34.5 Å². The molecule has 0 saturated heterocycles. The van der Waals surface area contributed by atoms with Crippen LogP contribution < -0.4 is 18.9 Å². The number of rotatable bonds is 25. The maximum atomic E-state index is 15.6. The highest BCUT2D eigenvalue weighted by atomic mass is 32.2. The topological polar surface area (TPSA) is 223 Å². The zero-order chi connectivity index (χ0) is 76.3. The highest BCUT2D eigenvalue weighted by Crippen LogP contribution is 2.59. The summed E-state index contributed by atoms with van der Waals surface area (Å²) in [5.41, 5.74) is -19.1. The van der Waals surface area contributed by atoms with Crippen LogP contribution in [-0.2, 0) is 66.5 Å². The molecule has 0 amide bonds. The van der Waals surface area contributed by atoms with Gasteiger partial charge < -0.3 is 23.7 Å². The van der Waals surface area contributed by atoms with Crippen molar-refractivity contribution in [2.45, 2.75) is 169 Å². The first kappa shape index (κ1) is 79.5. The lowest BCUT2D eigenvalue weighted by Gasteiger charge is -2.46. The predicted octanol–water partition coefficient (Wildman–Crippen LogP) is 18.6. The molecule has 550 valence electrons. The fourth-order valence-corrected chi connectivity index (χ4v) is 15.7. The summed E-state index contributed by atoms with van der Waals surface area (Å²) in [6, 6.07) is 25.6. The Hall–Kier alpha value is -8.20. The van der Waals surface area contributed by atoms with Crippen molar-refractivity contribution < 1.29 is 119 Å². The molecule has 0 radical (unpaired) electrons. The molecule has 8 rings (SSSR count). The lowest BCUT2D eigenvalue weighted by molar-refractivity contribution is -0.290. The minimum Gasteiger partial charge on any atom is -0.488 e. The van der Waals surface area contributed by atoms with Gasteiger partial charge in [-0.2, -0.15) is 69.5 Å². The van der Waals surface area contributed by atoms with Crippen LogP contribution in [0.1, 0.15) is 115 Å². The zero-order valence-corrected chi connectivity index (χ0v) is 59.1. The first-order chi connectivity index (χ1) is 46.8. The largest absolute Gasteiger partial charge is 0.488 e. The van der Waals surface area contributed by atoms with E-state index in [4.69, 9.17) is 23.7 Å². The molecule has 0 aliphatic heterocycles. The summed E-state index contributed by atoms with van der Waals surface area (Å²) >= 11 is 0. The van der Waals surface area contributed by atoms with Crippen LogP contribution in [0.25, 0.3) is 0 Å². The van der Waals surface area contributed by atoms with Gasteiger partial charge in [-0.1, -0.05) is 100 Å². The molecule has 8 aromatic rings. The van der Waals surface area contributed by atoms with Gasteiger partial charge in [0.2, 0.25) is 30.5 Å². The van der Waals surface area contributed by atoms with Gasteiger partial charge in [-0.05, 0) is 196 Å². The number of sulfone groups is 2. The Labute approximate surface area is 581 Å². The van der Waals surface area contributed by atoms with E-state index in [1.54, 1.807) is 6.92 Å². The van der Waals surface area contributed by atoms with Crippen molar-refractivity contribution in [1.29, 1.82) is 0 Å². The van der Waals surface area contributed by atoms with Crippen molar-refractivity contribution in [2.24, 2.45) is 0 Å². The van der Waals surface area contributed by atoms with Crippen molar-refractivity contribution >= 4 is 39.9 Å². The van der Waals surface area contributed by atoms with Crippen molar-refractivity contribution in [3.63, 3.8) is 0 Å². The number of hydrogen-bond donors (Lipinski definition) is 2. The molecule has 0 aromatic heterocycles. The average Bonchev–Trinajstić information content (AvgIpc) is 0.720. The van der Waals surface area contributed by atoms with Gasteiger partial charge in [-0.3, -0.25) is 9.11 Å². The molecule has 0 saturated carbocycles. The standard InChI is InChI=1S/C71H68F12O15S4/c1-11-62(4,5)97-53-32-36-55(37-33-53)99(84,85)54-34-30-51(31-35-54)95-50-26-22-48(23-27-50)67(70(78,79)80,71(81,82)83)47-20-16-45(17-21-47)64(8,12-2)65(9,13-3)98-59-41-39-57(43-61(59)102(91,92)93)100(86,87)56-38-40-58(60(42-56)101(88,89)90)96-52-28-24-49(25-29-52)66(68(72,73)74,69(75,76)77)46-18-14-44(15-19-46)63(6,7)94-10/h14-43H,11-13H2,1-10H3,(H,88,89,90)(H,91,92,93). The first-order valence-electron chi connectivity index (χ1n) is 30.8. The monoisotopic (exact) mass is 1520 g/mol. The Bertz CT molecular complexity index is 4810. The number of alkyl halides is 12. The number of hydrogen-bond acceptors (Lipinski definition) is 13. The summed E-state index contributed by atoms with van der Waals surface area (Å²) in [7, 11) is -19.1. The molecule has 0 fully saturated rings. The second-order valence-electron chi connectivity index (χ2n) is 25.3. The van der Waals surface area contributed by atoms with Crippen molar-refractivity contribution in [1.82, 2.24) is 0 Å². The smallest absolute Gasteiger partial charge is 0.411 e. The van der Waals surface area contributed by atoms with E-state index in [2.05, 4.69) is 0 Å². The van der Waals surface area contributed by atoms with E-state index in [1.165, 1.54) is 90.3 Å². The summed E-state index contributed by atoms with van der Waals surface area (Å²) in [5.74, 6) is -2.12. The molecule has 0 spiro atoms. The highest BCUT2D eigenvalue weighted by molar-refractivity contribution is 7.92. The molecular formula is C71H68F12O15S4. The van der Waals surface area contributed by atoms with E-state index in [1.807, 2.05) is 20.8 Å². The van der Waals surface area contributed by atoms with Gasteiger partial charge in [-0.15, -0.1) is 0 Å². The fourth-order valence-electron chi connectivity index (χ4n) is 11.7. The third kappa shape index (κ3) is 15.0. The molecule has 0 heterocycles. The molecule has 31 heteroatoms. The lowest BCUT2D eigenvalue weighted by atomic mass is 9.65. The molecule has 0 bridgehead atoms. The summed E-state index contributed by atoms with van der Waals surface area (Å²) in [4.78, 5) is -4.80. The Morgan fingerprint density at radius 3 is 0.990 bits per heavy atom. The van der Waals surface area contributed by atoms with Crippen LogP contribution in [0.5, 0.6) is 34.5 Å². The van der Waals surface area contributed by atoms with E-state index in [9.17, 15) is 42.8 Å². The van der Waals surface area contributed by atoms with Gasteiger partial charge in [0.05, 0.1) is 25.2 Å². The van der Waals surface area contributed by atoms with Crippen LogP contribution in [0.2, 0.25) is 0 Å². The molecule has 15 nitrogen and oxygen atoms in total. The average molecular weight is 1520 g/mol. The second-order valence-corrected chi connectivity index (χ2v) is 32.0. The van der Waals surface area contributed by atoms with E-state index in [0.29, 0.717) is 97.1 Å². The molecule has 8 aromatic carbocycles. The maximum Gasteiger partial charge on any atom is 0.411 e. The molecule has 102 heavy (non-hydrogen) atoms. The summed E-state index contributed by atoms with van der Waals surface area (Å²) in [6.45, 7) is 14.7. The second kappa shape index (κ2) is 27.8. The van der Waals surface area contributed by atoms with Crippen LogP contribution in [0.3, 0.4) is 0 Å². The van der Waals surface area contributed by atoms with Crippen LogP contribution in [0.4, 0.5) is 52.7 Å². The summed E-state index contributed by atoms with van der Waals surface area (Å²) in [5, 5.41) is 0. The Balaban J connectivity index is 1.06. The van der Waals surface area contributed by atoms with Gasteiger partial charge >= 0.3 is 24.7 Å². The van der Waals surface area contributed by atoms with Crippen LogP contribution in [-0.4, -0.2) is 85.8 Å². The SMILES string of the molecule is CCC(C)(C)Oc1ccc(S(=O)(=O)c2ccc(Oc3ccc(C(c4ccc(C(C)(CC)C(C)(CC)Oc5ccc(S(=O)(=O)c6ccc(Oc7ccc(C(c8ccc(C(C)(C)OC)cc8)(C(F)(F)F)C(F)(F)F)cc7)c(S(=O)(=O)O)c6)cc5S(=O)(=O)O)cc4)(C(F)(F)F)C(F)(F)F)cc3)cc2)cc1. The van der Waals surface area contributed by atoms with Crippen molar-refractivity contribution in [2.75, 3.05) is 7.11 Å². The molecule has 0 aliphatic rings. The molecular weight excluding hydrogens is 1450 g/mol. The summed E-state index contributed by atoms with van der Waals surface area (Å²) in [6.07, 6.45) is -23.7. The van der Waals surface area contributed by atoms with E-state index < -0.39 is 157 Å². The fraction of sp³-hybridized carbons (Fsp3) is 0.324. The third-order valence-electron chi connectivity index (χ3n) is 18.6. The molecule has 2 unspecified atom stereocenters. The van der Waals surface area contributed by atoms with Gasteiger partial charge in [0.25, 0.3) is 20.2 Å². The minimum atomic E-state index is -6.07. The minimum absolute atomic E-state index is 0.0281.